The summed E-state index contributed by atoms with van der Waals surface area (Å²) in [5.74, 6) is 0. The van der Waals surface area contributed by atoms with Gasteiger partial charge in [-0.1, -0.05) is 41.0 Å². The topological polar surface area (TPSA) is 25.8 Å². The predicted octanol–water partition coefficient (Wildman–Crippen LogP) is 3.23. The summed E-state index contributed by atoms with van der Waals surface area (Å²) in [4.78, 5) is 8.11. The van der Waals surface area contributed by atoms with E-state index in [0.29, 0.717) is 21.9 Å². The van der Waals surface area contributed by atoms with E-state index in [4.69, 9.17) is 23.2 Å². The number of rotatable bonds is 3. The third kappa shape index (κ3) is 2.59. The summed E-state index contributed by atoms with van der Waals surface area (Å²) in [6, 6.07) is 0. The van der Waals surface area contributed by atoms with Gasteiger partial charge in [0, 0.05) is 5.56 Å². The molecule has 70 valence electrons. The fourth-order valence-corrected chi connectivity index (χ4v) is 1.82. The molecule has 2 nitrogen and oxygen atoms in total. The van der Waals surface area contributed by atoms with Crippen LogP contribution in [0.3, 0.4) is 0 Å². The van der Waals surface area contributed by atoms with Crippen LogP contribution in [0.5, 0.6) is 0 Å². The molecule has 1 rings (SSSR count). The molecule has 0 N–H and O–H groups in total. The van der Waals surface area contributed by atoms with Gasteiger partial charge < -0.3 is 0 Å². The van der Waals surface area contributed by atoms with E-state index in [2.05, 4.69) is 16.5 Å². The zero-order valence-corrected chi connectivity index (χ0v) is 9.38. The number of hydrogen-bond donors (Lipinski definition) is 0. The zero-order valence-electron chi connectivity index (χ0n) is 7.05. The van der Waals surface area contributed by atoms with Gasteiger partial charge in [-0.2, -0.15) is 0 Å². The Bertz CT molecular complexity index is 305. The van der Waals surface area contributed by atoms with Crippen LogP contribution in [0.25, 0.3) is 0 Å². The van der Waals surface area contributed by atoms with Crippen molar-refractivity contribution >= 4 is 35.0 Å². The van der Waals surface area contributed by atoms with Crippen molar-refractivity contribution in [1.29, 1.82) is 0 Å². The molecule has 0 fully saturated rings. The number of hydrogen-bond acceptors (Lipinski definition) is 3. The summed E-state index contributed by atoms with van der Waals surface area (Å²) in [5.41, 5.74) is 0.733. The molecule has 0 aromatic carbocycles. The Balaban J connectivity index is 3.14. The second-order valence-electron chi connectivity index (χ2n) is 2.26. The lowest BCUT2D eigenvalue weighted by Crippen LogP contribution is -1.95. The summed E-state index contributed by atoms with van der Waals surface area (Å²) in [7, 11) is 0. The molecule has 0 aliphatic rings. The van der Waals surface area contributed by atoms with Gasteiger partial charge in [0.15, 0.2) is 5.16 Å². The summed E-state index contributed by atoms with van der Waals surface area (Å²) in [6.45, 7) is 3.60. The van der Waals surface area contributed by atoms with Crippen LogP contribution in [0.15, 0.2) is 17.8 Å². The summed E-state index contributed by atoms with van der Waals surface area (Å²) < 4.78 is 0. The van der Waals surface area contributed by atoms with E-state index in [0.717, 1.165) is 5.56 Å². The first-order chi connectivity index (χ1) is 6.19. The largest absolute Gasteiger partial charge is 0.210 e. The molecule has 1 aromatic heterocycles. The lowest BCUT2D eigenvalue weighted by Gasteiger charge is -2.03. The van der Waals surface area contributed by atoms with Crippen LogP contribution >= 0.6 is 35.0 Å². The van der Waals surface area contributed by atoms with E-state index in [1.54, 1.807) is 6.08 Å². The van der Waals surface area contributed by atoms with Gasteiger partial charge in [0.2, 0.25) is 0 Å². The van der Waals surface area contributed by atoms with Crippen molar-refractivity contribution in [1.82, 2.24) is 9.97 Å². The zero-order chi connectivity index (χ0) is 9.84. The number of nitrogens with zero attached hydrogens (tertiary/aromatic N) is 2. The van der Waals surface area contributed by atoms with E-state index in [1.165, 1.54) is 11.8 Å². The van der Waals surface area contributed by atoms with E-state index in [9.17, 15) is 0 Å². The molecular formula is C8H8Cl2N2S. The minimum Gasteiger partial charge on any atom is -0.210 e. The Hall–Kier alpha value is -0.250. The number of halogens is 2. The highest BCUT2D eigenvalue weighted by molar-refractivity contribution is 7.98. The van der Waals surface area contributed by atoms with Crippen molar-refractivity contribution in [3.8, 4) is 0 Å². The molecule has 0 atom stereocenters. The van der Waals surface area contributed by atoms with Crippen LogP contribution < -0.4 is 0 Å². The van der Waals surface area contributed by atoms with Gasteiger partial charge in [0.25, 0.3) is 0 Å². The molecule has 0 saturated carbocycles. The van der Waals surface area contributed by atoms with E-state index < -0.39 is 0 Å². The van der Waals surface area contributed by atoms with Crippen molar-refractivity contribution in [2.75, 3.05) is 6.26 Å². The second kappa shape index (κ2) is 4.84. The fraction of sp³-hybridized carbons (Fsp3) is 0.250. The Morgan fingerprint density at radius 2 is 1.92 bits per heavy atom. The van der Waals surface area contributed by atoms with Gasteiger partial charge in [0.1, 0.15) is 10.3 Å². The Morgan fingerprint density at radius 3 is 2.31 bits per heavy atom. The minimum absolute atomic E-state index is 0.407. The molecule has 0 aliphatic carbocycles. The summed E-state index contributed by atoms with van der Waals surface area (Å²) >= 11 is 13.2. The third-order valence-corrected chi connectivity index (χ3v) is 2.59. The molecule has 0 unspecified atom stereocenters. The second-order valence-corrected chi connectivity index (χ2v) is 3.75. The maximum Gasteiger partial charge on any atom is 0.190 e. The quantitative estimate of drug-likeness (QED) is 0.348. The predicted molar refractivity (Wildman–Crippen MR) is 57.7 cm³/mol. The summed E-state index contributed by atoms with van der Waals surface area (Å²) in [6.07, 6.45) is 4.18. The van der Waals surface area contributed by atoms with Crippen molar-refractivity contribution < 1.29 is 0 Å². The first kappa shape index (κ1) is 10.8. The van der Waals surface area contributed by atoms with Gasteiger partial charge in [-0.05, 0) is 12.7 Å². The van der Waals surface area contributed by atoms with Crippen molar-refractivity contribution in [3.05, 3.63) is 28.5 Å². The highest BCUT2D eigenvalue weighted by Gasteiger charge is 2.09. The van der Waals surface area contributed by atoms with Crippen LogP contribution in [0, 0.1) is 0 Å². The van der Waals surface area contributed by atoms with Crippen molar-refractivity contribution in [2.24, 2.45) is 0 Å². The SMILES string of the molecule is C=CCc1c(Cl)nc(SC)nc1Cl. The Labute approximate surface area is 91.4 Å². The number of aromatic nitrogens is 2. The Morgan fingerprint density at radius 1 is 1.38 bits per heavy atom. The maximum atomic E-state index is 5.90. The molecule has 1 aromatic rings. The third-order valence-electron chi connectivity index (χ3n) is 1.42. The van der Waals surface area contributed by atoms with Gasteiger partial charge in [-0.15, -0.1) is 6.58 Å². The maximum absolute atomic E-state index is 5.90. The molecule has 0 saturated heterocycles. The highest BCUT2D eigenvalue weighted by atomic mass is 35.5. The Kier molecular flexibility index (Phi) is 4.03. The highest BCUT2D eigenvalue weighted by Crippen LogP contribution is 2.24. The lowest BCUT2D eigenvalue weighted by molar-refractivity contribution is 0.942. The van der Waals surface area contributed by atoms with Crippen LogP contribution in [0.4, 0.5) is 0 Å². The van der Waals surface area contributed by atoms with E-state index in [1.807, 2.05) is 6.26 Å². The molecule has 1 heterocycles. The standard InChI is InChI=1S/C8H8Cl2N2S/c1-3-4-5-6(9)11-8(13-2)12-7(5)10/h3H,1,4H2,2H3. The molecule has 0 bridgehead atoms. The normalized spacial score (nSPS) is 10.1. The van der Waals surface area contributed by atoms with Crippen LogP contribution in [-0.4, -0.2) is 16.2 Å². The molecule has 13 heavy (non-hydrogen) atoms. The first-order valence-electron chi connectivity index (χ1n) is 3.55. The van der Waals surface area contributed by atoms with E-state index >= 15 is 0 Å². The molecule has 0 spiro atoms. The van der Waals surface area contributed by atoms with Gasteiger partial charge >= 0.3 is 0 Å². The van der Waals surface area contributed by atoms with Crippen LogP contribution in [0.2, 0.25) is 10.3 Å². The molecule has 5 heteroatoms. The van der Waals surface area contributed by atoms with E-state index in [-0.39, 0.29) is 0 Å². The van der Waals surface area contributed by atoms with Gasteiger partial charge in [-0.3, -0.25) is 0 Å². The molecule has 0 amide bonds. The monoisotopic (exact) mass is 234 g/mol. The average molecular weight is 235 g/mol. The van der Waals surface area contributed by atoms with Gasteiger partial charge in [0.05, 0.1) is 0 Å². The summed E-state index contributed by atoms with van der Waals surface area (Å²) in [5, 5.41) is 1.40. The fourth-order valence-electron chi connectivity index (χ4n) is 0.817. The minimum atomic E-state index is 0.407. The van der Waals surface area contributed by atoms with Crippen molar-refractivity contribution in [2.45, 2.75) is 11.6 Å². The molecule has 0 aliphatic heterocycles. The molecule has 0 radical (unpaired) electrons. The number of thioether (sulfide) groups is 1. The van der Waals surface area contributed by atoms with Crippen molar-refractivity contribution in [3.63, 3.8) is 0 Å². The van der Waals surface area contributed by atoms with Crippen LogP contribution in [0.1, 0.15) is 5.56 Å². The first-order valence-corrected chi connectivity index (χ1v) is 5.54. The average Bonchev–Trinajstić information content (AvgIpc) is 2.11. The van der Waals surface area contributed by atoms with Gasteiger partial charge in [-0.25, -0.2) is 9.97 Å². The number of allylic oxidation sites excluding steroid dienone is 1. The van der Waals surface area contributed by atoms with Crippen LogP contribution in [-0.2, 0) is 6.42 Å². The smallest absolute Gasteiger partial charge is 0.190 e. The molecular weight excluding hydrogens is 227 g/mol. The lowest BCUT2D eigenvalue weighted by atomic mass is 10.2.